The number of fused-ring (bicyclic) bond motifs is 1. The number of nitrogens with one attached hydrogen (secondary N) is 1. The SMILES string of the molecule is CNCc1cn(CCC(C)(C)O)c2ccccc12. The molecule has 0 saturated carbocycles. The largest absolute Gasteiger partial charge is 0.390 e. The molecule has 2 N–H and O–H groups in total. The Kier molecular flexibility index (Phi) is 3.73. The molecule has 0 fully saturated rings. The minimum Gasteiger partial charge on any atom is -0.390 e. The molecule has 0 aliphatic heterocycles. The maximum absolute atomic E-state index is 9.84. The third kappa shape index (κ3) is 2.92. The Morgan fingerprint density at radius 3 is 2.67 bits per heavy atom. The quantitative estimate of drug-likeness (QED) is 0.850. The Hall–Kier alpha value is -1.32. The predicted octanol–water partition coefficient (Wildman–Crippen LogP) is 2.52. The highest BCUT2D eigenvalue weighted by Crippen LogP contribution is 2.22. The van der Waals surface area contributed by atoms with Crippen LogP contribution in [0.3, 0.4) is 0 Å². The first-order chi connectivity index (χ1) is 8.51. The summed E-state index contributed by atoms with van der Waals surface area (Å²) >= 11 is 0. The number of rotatable bonds is 5. The fraction of sp³-hybridized carbons (Fsp3) is 0.467. The summed E-state index contributed by atoms with van der Waals surface area (Å²) in [4.78, 5) is 0. The third-order valence-electron chi connectivity index (χ3n) is 3.20. The van der Waals surface area contributed by atoms with Crippen LogP contribution in [-0.2, 0) is 13.1 Å². The molecule has 0 aliphatic carbocycles. The van der Waals surface area contributed by atoms with Crippen molar-refractivity contribution in [2.24, 2.45) is 0 Å². The monoisotopic (exact) mass is 246 g/mol. The average molecular weight is 246 g/mol. The van der Waals surface area contributed by atoms with Crippen molar-refractivity contribution in [3.8, 4) is 0 Å². The fourth-order valence-electron chi connectivity index (χ4n) is 2.23. The lowest BCUT2D eigenvalue weighted by molar-refractivity contribution is 0.0666. The highest BCUT2D eigenvalue weighted by Gasteiger charge is 2.14. The molecule has 1 aromatic heterocycles. The summed E-state index contributed by atoms with van der Waals surface area (Å²) in [6, 6.07) is 8.43. The van der Waals surface area contributed by atoms with Crippen LogP contribution in [0.15, 0.2) is 30.5 Å². The topological polar surface area (TPSA) is 37.2 Å². The van der Waals surface area contributed by atoms with Gasteiger partial charge in [-0.1, -0.05) is 18.2 Å². The van der Waals surface area contributed by atoms with E-state index in [4.69, 9.17) is 0 Å². The van der Waals surface area contributed by atoms with Crippen molar-refractivity contribution in [3.05, 3.63) is 36.0 Å². The van der Waals surface area contributed by atoms with Gasteiger partial charge in [-0.3, -0.25) is 0 Å². The normalized spacial score (nSPS) is 12.2. The number of aryl methyl sites for hydroxylation is 1. The van der Waals surface area contributed by atoms with E-state index < -0.39 is 5.60 Å². The number of para-hydroxylation sites is 1. The van der Waals surface area contributed by atoms with Gasteiger partial charge < -0.3 is 15.0 Å². The first kappa shape index (κ1) is 13.1. The minimum absolute atomic E-state index is 0.617. The van der Waals surface area contributed by atoms with Crippen LogP contribution in [-0.4, -0.2) is 22.3 Å². The minimum atomic E-state index is -0.617. The molecule has 2 aromatic rings. The van der Waals surface area contributed by atoms with Gasteiger partial charge in [-0.05, 0) is 38.9 Å². The van der Waals surface area contributed by atoms with Crippen LogP contribution in [0.1, 0.15) is 25.8 Å². The number of benzene rings is 1. The summed E-state index contributed by atoms with van der Waals surface area (Å²) in [6.45, 7) is 5.42. The number of aromatic nitrogens is 1. The van der Waals surface area contributed by atoms with Crippen LogP contribution in [0.4, 0.5) is 0 Å². The van der Waals surface area contributed by atoms with Crippen molar-refractivity contribution >= 4 is 10.9 Å². The standard InChI is InChI=1S/C15H22N2O/c1-15(2,18)8-9-17-11-12(10-16-3)13-6-4-5-7-14(13)17/h4-7,11,16,18H,8-10H2,1-3H3. The van der Waals surface area contributed by atoms with E-state index in [1.807, 2.05) is 20.9 Å². The molecule has 3 heteroatoms. The van der Waals surface area contributed by atoms with Crippen molar-refractivity contribution in [2.45, 2.75) is 39.0 Å². The Morgan fingerprint density at radius 1 is 1.28 bits per heavy atom. The van der Waals surface area contributed by atoms with E-state index in [2.05, 4.69) is 40.3 Å². The van der Waals surface area contributed by atoms with Crippen LogP contribution in [0.5, 0.6) is 0 Å². The second kappa shape index (κ2) is 5.12. The van der Waals surface area contributed by atoms with Gasteiger partial charge in [0.15, 0.2) is 0 Å². The van der Waals surface area contributed by atoms with E-state index in [0.29, 0.717) is 0 Å². The summed E-state index contributed by atoms with van der Waals surface area (Å²) in [6.07, 6.45) is 2.94. The van der Waals surface area contributed by atoms with E-state index in [1.54, 1.807) is 0 Å². The Labute approximate surface area is 108 Å². The maximum atomic E-state index is 9.84. The van der Waals surface area contributed by atoms with E-state index in [1.165, 1.54) is 16.5 Å². The molecule has 0 radical (unpaired) electrons. The molecule has 0 unspecified atom stereocenters. The summed E-state index contributed by atoms with van der Waals surface area (Å²) in [5, 5.41) is 14.3. The summed E-state index contributed by atoms with van der Waals surface area (Å²) in [5.74, 6) is 0. The van der Waals surface area contributed by atoms with Crippen LogP contribution in [0.2, 0.25) is 0 Å². The van der Waals surface area contributed by atoms with E-state index in [-0.39, 0.29) is 0 Å². The molecule has 18 heavy (non-hydrogen) atoms. The number of nitrogens with zero attached hydrogens (tertiary/aromatic N) is 1. The zero-order valence-corrected chi connectivity index (χ0v) is 11.4. The molecule has 0 atom stereocenters. The molecule has 0 saturated heterocycles. The van der Waals surface area contributed by atoms with Gasteiger partial charge in [-0.25, -0.2) is 0 Å². The maximum Gasteiger partial charge on any atom is 0.0608 e. The van der Waals surface area contributed by atoms with E-state index >= 15 is 0 Å². The molecule has 1 heterocycles. The van der Waals surface area contributed by atoms with Crippen LogP contribution in [0, 0.1) is 0 Å². The molecule has 0 aliphatic rings. The number of aliphatic hydroxyl groups is 1. The van der Waals surface area contributed by atoms with Crippen molar-refractivity contribution in [2.75, 3.05) is 7.05 Å². The Morgan fingerprint density at radius 2 is 2.00 bits per heavy atom. The van der Waals surface area contributed by atoms with E-state index in [0.717, 1.165) is 19.5 Å². The van der Waals surface area contributed by atoms with Gasteiger partial charge >= 0.3 is 0 Å². The van der Waals surface area contributed by atoms with Crippen LogP contribution < -0.4 is 5.32 Å². The first-order valence-electron chi connectivity index (χ1n) is 6.45. The van der Waals surface area contributed by atoms with Gasteiger partial charge in [0.2, 0.25) is 0 Å². The van der Waals surface area contributed by atoms with Crippen molar-refractivity contribution in [1.82, 2.24) is 9.88 Å². The van der Waals surface area contributed by atoms with Gasteiger partial charge in [-0.15, -0.1) is 0 Å². The average Bonchev–Trinajstić information content (AvgIpc) is 2.65. The van der Waals surface area contributed by atoms with Gasteiger partial charge in [0, 0.05) is 30.2 Å². The van der Waals surface area contributed by atoms with Gasteiger partial charge in [0.05, 0.1) is 5.60 Å². The van der Waals surface area contributed by atoms with Crippen molar-refractivity contribution in [3.63, 3.8) is 0 Å². The van der Waals surface area contributed by atoms with E-state index in [9.17, 15) is 5.11 Å². The Balaban J connectivity index is 2.32. The molecule has 2 rings (SSSR count). The molecular weight excluding hydrogens is 224 g/mol. The summed E-state index contributed by atoms with van der Waals surface area (Å²) in [7, 11) is 1.96. The lowest BCUT2D eigenvalue weighted by Crippen LogP contribution is -2.20. The smallest absolute Gasteiger partial charge is 0.0608 e. The first-order valence-corrected chi connectivity index (χ1v) is 6.45. The molecule has 0 bridgehead atoms. The van der Waals surface area contributed by atoms with Gasteiger partial charge in [-0.2, -0.15) is 0 Å². The predicted molar refractivity (Wildman–Crippen MR) is 75.6 cm³/mol. The summed E-state index contributed by atoms with van der Waals surface area (Å²) < 4.78 is 2.24. The van der Waals surface area contributed by atoms with Gasteiger partial charge in [0.25, 0.3) is 0 Å². The van der Waals surface area contributed by atoms with Crippen LogP contribution >= 0.6 is 0 Å². The summed E-state index contributed by atoms with van der Waals surface area (Å²) in [5.41, 5.74) is 1.94. The lowest BCUT2D eigenvalue weighted by Gasteiger charge is -2.17. The molecular formula is C15H22N2O. The zero-order valence-electron chi connectivity index (χ0n) is 11.4. The second-order valence-corrected chi connectivity index (χ2v) is 5.46. The molecule has 1 aromatic carbocycles. The number of hydrogen-bond acceptors (Lipinski definition) is 2. The van der Waals surface area contributed by atoms with Crippen LogP contribution in [0.25, 0.3) is 10.9 Å². The number of hydrogen-bond donors (Lipinski definition) is 2. The van der Waals surface area contributed by atoms with Crippen molar-refractivity contribution in [1.29, 1.82) is 0 Å². The highest BCUT2D eigenvalue weighted by molar-refractivity contribution is 5.83. The highest BCUT2D eigenvalue weighted by atomic mass is 16.3. The lowest BCUT2D eigenvalue weighted by atomic mass is 10.1. The van der Waals surface area contributed by atoms with Gasteiger partial charge in [0.1, 0.15) is 0 Å². The molecule has 3 nitrogen and oxygen atoms in total. The zero-order chi connectivity index (χ0) is 13.2. The Bertz CT molecular complexity index is 523. The molecule has 0 amide bonds. The fourth-order valence-corrected chi connectivity index (χ4v) is 2.23. The third-order valence-corrected chi connectivity index (χ3v) is 3.20. The molecule has 0 spiro atoms. The van der Waals surface area contributed by atoms with Crippen molar-refractivity contribution < 1.29 is 5.11 Å². The second-order valence-electron chi connectivity index (χ2n) is 5.46. The molecule has 98 valence electrons.